The van der Waals surface area contributed by atoms with Crippen LogP contribution in [0.2, 0.25) is 0 Å². The molecule has 1 aromatic heterocycles. The van der Waals surface area contributed by atoms with Crippen molar-refractivity contribution in [3.05, 3.63) is 11.6 Å². The lowest BCUT2D eigenvalue weighted by atomic mass is 10.1. The van der Waals surface area contributed by atoms with Gasteiger partial charge in [-0.3, -0.25) is 4.90 Å². The Bertz CT molecular complexity index is 390. The summed E-state index contributed by atoms with van der Waals surface area (Å²) in [5, 5.41) is 18.2. The first-order valence-corrected chi connectivity index (χ1v) is 6.64. The molecule has 3 heterocycles. The zero-order valence-corrected chi connectivity index (χ0v) is 10.2. The minimum absolute atomic E-state index is 0.160. The van der Waals surface area contributed by atoms with Crippen LogP contribution in [-0.4, -0.2) is 44.0 Å². The molecule has 2 aliphatic heterocycles. The standard InChI is InChI=1S/C12H20N4O/c17-10-4-3-6-15(8-10)9-12-14-13-11-5-1-2-7-16(11)12/h10,17H,1-9H2/t10-/m0/s1. The Morgan fingerprint density at radius 2 is 2.12 bits per heavy atom. The van der Waals surface area contributed by atoms with Gasteiger partial charge in [0, 0.05) is 19.5 Å². The van der Waals surface area contributed by atoms with Gasteiger partial charge in [-0.25, -0.2) is 0 Å². The number of rotatable bonds is 2. The smallest absolute Gasteiger partial charge is 0.147 e. The van der Waals surface area contributed by atoms with E-state index in [1.165, 1.54) is 12.8 Å². The van der Waals surface area contributed by atoms with Crippen LogP contribution in [0.3, 0.4) is 0 Å². The van der Waals surface area contributed by atoms with Crippen LogP contribution >= 0.6 is 0 Å². The number of aryl methyl sites for hydroxylation is 1. The van der Waals surface area contributed by atoms with Crippen LogP contribution in [0.4, 0.5) is 0 Å². The number of hydrogen-bond acceptors (Lipinski definition) is 4. The highest BCUT2D eigenvalue weighted by Crippen LogP contribution is 2.17. The van der Waals surface area contributed by atoms with Crippen LogP contribution in [0, 0.1) is 0 Å². The molecular formula is C12H20N4O. The maximum absolute atomic E-state index is 9.66. The summed E-state index contributed by atoms with van der Waals surface area (Å²) < 4.78 is 2.27. The van der Waals surface area contributed by atoms with E-state index >= 15 is 0 Å². The molecule has 0 aromatic carbocycles. The summed E-state index contributed by atoms with van der Waals surface area (Å²) in [6.07, 6.45) is 5.40. The lowest BCUT2D eigenvalue weighted by Crippen LogP contribution is -2.38. The van der Waals surface area contributed by atoms with Gasteiger partial charge in [-0.1, -0.05) is 0 Å². The fraction of sp³-hybridized carbons (Fsp3) is 0.833. The molecule has 1 fully saturated rings. The van der Waals surface area contributed by atoms with Gasteiger partial charge in [-0.15, -0.1) is 10.2 Å². The van der Waals surface area contributed by atoms with Gasteiger partial charge in [-0.2, -0.15) is 0 Å². The van der Waals surface area contributed by atoms with E-state index in [2.05, 4.69) is 19.7 Å². The van der Waals surface area contributed by atoms with Gasteiger partial charge in [0.1, 0.15) is 11.6 Å². The molecule has 0 aliphatic carbocycles. The summed E-state index contributed by atoms with van der Waals surface area (Å²) in [6, 6.07) is 0. The van der Waals surface area contributed by atoms with E-state index in [1.54, 1.807) is 0 Å². The number of aliphatic hydroxyl groups excluding tert-OH is 1. The Morgan fingerprint density at radius 3 is 3.00 bits per heavy atom. The summed E-state index contributed by atoms with van der Waals surface area (Å²) >= 11 is 0. The summed E-state index contributed by atoms with van der Waals surface area (Å²) in [4.78, 5) is 2.29. The molecule has 1 aromatic rings. The Labute approximate surface area is 101 Å². The maximum Gasteiger partial charge on any atom is 0.147 e. The number of β-amino-alcohol motifs (C(OH)–C–C–N with tert-alkyl or cyclic N) is 1. The highest BCUT2D eigenvalue weighted by atomic mass is 16.3. The largest absolute Gasteiger partial charge is 0.392 e. The summed E-state index contributed by atoms with van der Waals surface area (Å²) in [5.41, 5.74) is 0. The van der Waals surface area contributed by atoms with Crippen molar-refractivity contribution in [1.82, 2.24) is 19.7 Å². The molecule has 17 heavy (non-hydrogen) atoms. The molecule has 0 bridgehead atoms. The van der Waals surface area contributed by atoms with Gasteiger partial charge in [-0.05, 0) is 32.2 Å². The van der Waals surface area contributed by atoms with E-state index in [0.717, 1.165) is 57.1 Å². The number of nitrogens with zero attached hydrogens (tertiary/aromatic N) is 4. The molecule has 0 unspecified atom stereocenters. The average molecular weight is 236 g/mol. The van der Waals surface area contributed by atoms with E-state index in [4.69, 9.17) is 0 Å². The molecule has 0 radical (unpaired) electrons. The SMILES string of the molecule is O[C@H]1CCCN(Cc2nnc3n2CCCC3)C1. The Kier molecular flexibility index (Phi) is 3.11. The number of likely N-dealkylation sites (tertiary alicyclic amines) is 1. The fourth-order valence-corrected chi connectivity index (χ4v) is 2.86. The number of hydrogen-bond donors (Lipinski definition) is 1. The Hall–Kier alpha value is -0.940. The molecule has 0 amide bonds. The molecule has 5 heteroatoms. The Morgan fingerprint density at radius 1 is 1.18 bits per heavy atom. The van der Waals surface area contributed by atoms with Gasteiger partial charge in [0.05, 0.1) is 12.6 Å². The van der Waals surface area contributed by atoms with Crippen molar-refractivity contribution in [2.75, 3.05) is 13.1 Å². The second-order valence-corrected chi connectivity index (χ2v) is 5.17. The maximum atomic E-state index is 9.66. The predicted octanol–water partition coefficient (Wildman–Crippen LogP) is 0.571. The average Bonchev–Trinajstić information content (AvgIpc) is 2.73. The predicted molar refractivity (Wildman–Crippen MR) is 63.5 cm³/mol. The van der Waals surface area contributed by atoms with Gasteiger partial charge in [0.15, 0.2) is 0 Å². The second kappa shape index (κ2) is 4.74. The van der Waals surface area contributed by atoms with Crippen molar-refractivity contribution in [3.63, 3.8) is 0 Å². The van der Waals surface area contributed by atoms with Crippen molar-refractivity contribution in [2.24, 2.45) is 0 Å². The number of piperidine rings is 1. The monoisotopic (exact) mass is 236 g/mol. The third-order valence-electron chi connectivity index (χ3n) is 3.78. The minimum Gasteiger partial charge on any atom is -0.392 e. The topological polar surface area (TPSA) is 54.2 Å². The molecule has 2 aliphatic rings. The van der Waals surface area contributed by atoms with Crippen LogP contribution in [0.25, 0.3) is 0 Å². The van der Waals surface area contributed by atoms with Crippen LogP contribution in [0.5, 0.6) is 0 Å². The number of aliphatic hydroxyl groups is 1. The zero-order valence-electron chi connectivity index (χ0n) is 10.2. The zero-order chi connectivity index (χ0) is 11.7. The Balaban J connectivity index is 1.70. The second-order valence-electron chi connectivity index (χ2n) is 5.17. The van der Waals surface area contributed by atoms with Crippen molar-refractivity contribution in [2.45, 2.75) is 51.3 Å². The van der Waals surface area contributed by atoms with Crippen molar-refractivity contribution < 1.29 is 5.11 Å². The molecule has 1 N–H and O–H groups in total. The van der Waals surface area contributed by atoms with Crippen molar-refractivity contribution in [1.29, 1.82) is 0 Å². The van der Waals surface area contributed by atoms with E-state index in [1.807, 2.05) is 0 Å². The normalized spacial score (nSPS) is 25.8. The van der Waals surface area contributed by atoms with Crippen LogP contribution < -0.4 is 0 Å². The van der Waals surface area contributed by atoms with E-state index < -0.39 is 0 Å². The first-order chi connectivity index (χ1) is 8.33. The lowest BCUT2D eigenvalue weighted by Gasteiger charge is -2.29. The van der Waals surface area contributed by atoms with Gasteiger partial charge in [0.25, 0.3) is 0 Å². The van der Waals surface area contributed by atoms with E-state index in [0.29, 0.717) is 0 Å². The molecular weight excluding hydrogens is 216 g/mol. The summed E-state index contributed by atoms with van der Waals surface area (Å²) in [5.74, 6) is 2.22. The van der Waals surface area contributed by atoms with Crippen molar-refractivity contribution in [3.8, 4) is 0 Å². The fourth-order valence-electron chi connectivity index (χ4n) is 2.86. The highest BCUT2D eigenvalue weighted by Gasteiger charge is 2.21. The summed E-state index contributed by atoms with van der Waals surface area (Å²) in [6.45, 7) is 3.75. The molecule has 94 valence electrons. The van der Waals surface area contributed by atoms with Gasteiger partial charge >= 0.3 is 0 Å². The van der Waals surface area contributed by atoms with Gasteiger partial charge in [0.2, 0.25) is 0 Å². The quantitative estimate of drug-likeness (QED) is 0.815. The molecule has 1 saturated heterocycles. The van der Waals surface area contributed by atoms with E-state index in [9.17, 15) is 5.11 Å². The van der Waals surface area contributed by atoms with Crippen LogP contribution in [0.1, 0.15) is 37.3 Å². The minimum atomic E-state index is -0.160. The van der Waals surface area contributed by atoms with E-state index in [-0.39, 0.29) is 6.10 Å². The third kappa shape index (κ3) is 2.35. The summed E-state index contributed by atoms with van der Waals surface area (Å²) in [7, 11) is 0. The highest BCUT2D eigenvalue weighted by molar-refractivity contribution is 4.99. The molecule has 3 rings (SSSR count). The third-order valence-corrected chi connectivity index (χ3v) is 3.78. The van der Waals surface area contributed by atoms with Crippen molar-refractivity contribution >= 4 is 0 Å². The van der Waals surface area contributed by atoms with Crippen LogP contribution in [0.15, 0.2) is 0 Å². The lowest BCUT2D eigenvalue weighted by molar-refractivity contribution is 0.0647. The van der Waals surface area contributed by atoms with Crippen LogP contribution in [-0.2, 0) is 19.5 Å². The number of fused-ring (bicyclic) bond motifs is 1. The first-order valence-electron chi connectivity index (χ1n) is 6.64. The molecule has 0 saturated carbocycles. The first kappa shape index (κ1) is 11.2. The van der Waals surface area contributed by atoms with Gasteiger partial charge < -0.3 is 9.67 Å². The molecule has 0 spiro atoms. The molecule has 5 nitrogen and oxygen atoms in total. The number of aromatic nitrogens is 3. The molecule has 1 atom stereocenters.